The molecule has 0 saturated carbocycles. The molecule has 25 heavy (non-hydrogen) atoms. The van der Waals surface area contributed by atoms with E-state index >= 15 is 0 Å². The Morgan fingerprint density at radius 1 is 0.960 bits per heavy atom. The molecule has 0 fully saturated rings. The highest BCUT2D eigenvalue weighted by Gasteiger charge is 2.11. The smallest absolute Gasteiger partial charge is 0.119 e. The van der Waals surface area contributed by atoms with Gasteiger partial charge in [-0.1, -0.05) is 50.5 Å². The van der Waals surface area contributed by atoms with Gasteiger partial charge in [0.25, 0.3) is 0 Å². The second kappa shape index (κ2) is 10.8. The predicted octanol–water partition coefficient (Wildman–Crippen LogP) is 4.94. The van der Waals surface area contributed by atoms with E-state index in [1.165, 1.54) is 30.4 Å². The van der Waals surface area contributed by atoms with Crippen LogP contribution in [-0.2, 0) is 6.42 Å². The fourth-order valence-corrected chi connectivity index (χ4v) is 2.96. The van der Waals surface area contributed by atoms with Crippen LogP contribution in [0.1, 0.15) is 49.7 Å². The van der Waals surface area contributed by atoms with Crippen molar-refractivity contribution in [1.29, 1.82) is 0 Å². The van der Waals surface area contributed by atoms with E-state index in [0.717, 1.165) is 30.9 Å². The molecule has 0 bridgehead atoms. The Morgan fingerprint density at radius 3 is 2.44 bits per heavy atom. The maximum Gasteiger partial charge on any atom is 0.119 e. The van der Waals surface area contributed by atoms with E-state index in [-0.39, 0.29) is 5.92 Å². The highest BCUT2D eigenvalue weighted by atomic mass is 16.5. The number of ether oxygens (including phenoxy) is 2. The molecule has 0 aliphatic carbocycles. The molecule has 2 N–H and O–H groups in total. The molecule has 136 valence electrons. The van der Waals surface area contributed by atoms with Crippen LogP contribution in [0.2, 0.25) is 0 Å². The van der Waals surface area contributed by atoms with E-state index in [1.54, 1.807) is 7.11 Å². The van der Waals surface area contributed by atoms with Gasteiger partial charge in [-0.25, -0.2) is 0 Å². The van der Waals surface area contributed by atoms with E-state index in [2.05, 4.69) is 43.3 Å². The molecule has 2 rings (SSSR count). The summed E-state index contributed by atoms with van der Waals surface area (Å²) in [4.78, 5) is 0. The fraction of sp³-hybridized carbons (Fsp3) is 0.455. The van der Waals surface area contributed by atoms with Crippen molar-refractivity contribution < 1.29 is 9.47 Å². The van der Waals surface area contributed by atoms with E-state index < -0.39 is 0 Å². The third kappa shape index (κ3) is 6.43. The van der Waals surface area contributed by atoms with Gasteiger partial charge in [0.15, 0.2) is 0 Å². The van der Waals surface area contributed by atoms with Gasteiger partial charge in [0.2, 0.25) is 0 Å². The van der Waals surface area contributed by atoms with Gasteiger partial charge < -0.3 is 15.2 Å². The topological polar surface area (TPSA) is 44.5 Å². The van der Waals surface area contributed by atoms with Crippen LogP contribution in [0, 0.1) is 0 Å². The molecule has 1 atom stereocenters. The molecule has 3 nitrogen and oxygen atoms in total. The van der Waals surface area contributed by atoms with Gasteiger partial charge in [0, 0.05) is 5.92 Å². The first-order chi connectivity index (χ1) is 12.3. The first-order valence-corrected chi connectivity index (χ1v) is 9.32. The lowest BCUT2D eigenvalue weighted by atomic mass is 9.92. The molecule has 3 heteroatoms. The van der Waals surface area contributed by atoms with Gasteiger partial charge in [-0.15, -0.1) is 0 Å². The minimum absolute atomic E-state index is 0.288. The Hall–Kier alpha value is -2.00. The molecule has 0 aliphatic rings. The number of benzene rings is 2. The number of hydrogen-bond acceptors (Lipinski definition) is 3. The molecule has 0 aliphatic heterocycles. The van der Waals surface area contributed by atoms with Crippen molar-refractivity contribution in [2.24, 2.45) is 5.73 Å². The fourth-order valence-electron chi connectivity index (χ4n) is 2.96. The molecule has 0 radical (unpaired) electrons. The average Bonchev–Trinajstić information content (AvgIpc) is 2.67. The lowest BCUT2D eigenvalue weighted by molar-refractivity contribution is 0.305. The minimum atomic E-state index is 0.288. The van der Waals surface area contributed by atoms with Crippen LogP contribution in [0.15, 0.2) is 48.5 Å². The quantitative estimate of drug-likeness (QED) is 0.589. The Balaban J connectivity index is 1.90. The maximum atomic E-state index is 6.01. The van der Waals surface area contributed by atoms with Gasteiger partial charge in [0.05, 0.1) is 13.7 Å². The second-order valence-electron chi connectivity index (χ2n) is 6.47. The molecule has 0 aromatic heterocycles. The zero-order valence-electron chi connectivity index (χ0n) is 15.5. The summed E-state index contributed by atoms with van der Waals surface area (Å²) >= 11 is 0. The summed E-state index contributed by atoms with van der Waals surface area (Å²) < 4.78 is 11.1. The van der Waals surface area contributed by atoms with Gasteiger partial charge in [-0.05, 0) is 54.8 Å². The summed E-state index contributed by atoms with van der Waals surface area (Å²) in [5.74, 6) is 2.12. The monoisotopic (exact) mass is 341 g/mol. The SMILES string of the molecule is CCCCCCOc1ccc(CC(CN)c2cccc(OC)c2)cc1. The van der Waals surface area contributed by atoms with E-state index in [9.17, 15) is 0 Å². The summed E-state index contributed by atoms with van der Waals surface area (Å²) in [6, 6.07) is 16.6. The van der Waals surface area contributed by atoms with Gasteiger partial charge in [-0.2, -0.15) is 0 Å². The van der Waals surface area contributed by atoms with Gasteiger partial charge in [0.1, 0.15) is 11.5 Å². The van der Waals surface area contributed by atoms with E-state index in [1.807, 2.05) is 12.1 Å². The number of methoxy groups -OCH3 is 1. The maximum absolute atomic E-state index is 6.01. The highest BCUT2D eigenvalue weighted by molar-refractivity contribution is 5.33. The van der Waals surface area contributed by atoms with Crippen molar-refractivity contribution in [2.45, 2.75) is 44.9 Å². The molecule has 0 saturated heterocycles. The van der Waals surface area contributed by atoms with Crippen molar-refractivity contribution in [2.75, 3.05) is 20.3 Å². The molecule has 0 spiro atoms. The van der Waals surface area contributed by atoms with E-state index in [0.29, 0.717) is 6.54 Å². The molecule has 2 aromatic rings. The Kier molecular flexibility index (Phi) is 8.33. The third-order valence-corrected chi connectivity index (χ3v) is 4.52. The first kappa shape index (κ1) is 19.3. The summed E-state index contributed by atoms with van der Waals surface area (Å²) in [5, 5.41) is 0. The van der Waals surface area contributed by atoms with Crippen LogP contribution in [0.25, 0.3) is 0 Å². The highest BCUT2D eigenvalue weighted by Crippen LogP contribution is 2.24. The molecular weight excluding hydrogens is 310 g/mol. The Morgan fingerprint density at radius 2 is 1.76 bits per heavy atom. The average molecular weight is 341 g/mol. The molecule has 1 unspecified atom stereocenters. The van der Waals surface area contributed by atoms with Crippen molar-refractivity contribution >= 4 is 0 Å². The molecule has 0 heterocycles. The van der Waals surface area contributed by atoms with Crippen LogP contribution in [0.3, 0.4) is 0 Å². The third-order valence-electron chi connectivity index (χ3n) is 4.52. The molecule has 0 amide bonds. The van der Waals surface area contributed by atoms with Crippen molar-refractivity contribution in [3.8, 4) is 11.5 Å². The number of hydrogen-bond donors (Lipinski definition) is 1. The summed E-state index contributed by atoms with van der Waals surface area (Å²) in [6.45, 7) is 3.64. The van der Waals surface area contributed by atoms with Gasteiger partial charge in [-0.3, -0.25) is 0 Å². The zero-order chi connectivity index (χ0) is 17.9. The van der Waals surface area contributed by atoms with Crippen LogP contribution in [0.5, 0.6) is 11.5 Å². The Labute approximate surface area is 152 Å². The normalized spacial score (nSPS) is 12.0. The van der Waals surface area contributed by atoms with E-state index in [4.69, 9.17) is 15.2 Å². The van der Waals surface area contributed by atoms with Crippen LogP contribution < -0.4 is 15.2 Å². The molecule has 2 aromatic carbocycles. The summed E-state index contributed by atoms with van der Waals surface area (Å²) in [6.07, 6.45) is 5.83. The standard InChI is InChI=1S/C22H31NO2/c1-3-4-5-6-14-25-21-12-10-18(11-13-21)15-20(17-23)19-8-7-9-22(16-19)24-2/h7-13,16,20H,3-6,14-15,17,23H2,1-2H3. The number of unbranched alkanes of at least 4 members (excludes halogenated alkanes) is 3. The first-order valence-electron chi connectivity index (χ1n) is 9.32. The Bertz CT molecular complexity index is 610. The summed E-state index contributed by atoms with van der Waals surface area (Å²) in [5.41, 5.74) is 8.51. The zero-order valence-corrected chi connectivity index (χ0v) is 15.5. The number of nitrogens with two attached hydrogens (primary N) is 1. The minimum Gasteiger partial charge on any atom is -0.497 e. The van der Waals surface area contributed by atoms with Crippen molar-refractivity contribution in [3.63, 3.8) is 0 Å². The predicted molar refractivity (Wildman–Crippen MR) is 105 cm³/mol. The van der Waals surface area contributed by atoms with Gasteiger partial charge >= 0.3 is 0 Å². The summed E-state index contributed by atoms with van der Waals surface area (Å²) in [7, 11) is 1.69. The van der Waals surface area contributed by atoms with Crippen molar-refractivity contribution in [3.05, 3.63) is 59.7 Å². The lowest BCUT2D eigenvalue weighted by Gasteiger charge is -2.16. The largest absolute Gasteiger partial charge is 0.497 e. The van der Waals surface area contributed by atoms with Crippen LogP contribution in [0.4, 0.5) is 0 Å². The number of rotatable bonds is 11. The van der Waals surface area contributed by atoms with Crippen molar-refractivity contribution in [1.82, 2.24) is 0 Å². The van der Waals surface area contributed by atoms with Crippen LogP contribution >= 0.6 is 0 Å². The lowest BCUT2D eigenvalue weighted by Crippen LogP contribution is -2.15. The van der Waals surface area contributed by atoms with Crippen LogP contribution in [-0.4, -0.2) is 20.3 Å². The second-order valence-corrected chi connectivity index (χ2v) is 6.47. The molecular formula is C22H31NO2.